The molecule has 0 saturated carbocycles. The number of rotatable bonds is 3. The first-order chi connectivity index (χ1) is 5.72. The van der Waals surface area contributed by atoms with E-state index in [4.69, 9.17) is 5.11 Å². The molecule has 6 heteroatoms. The van der Waals surface area contributed by atoms with Crippen molar-refractivity contribution in [2.75, 3.05) is 32.7 Å². The predicted molar refractivity (Wildman–Crippen MR) is 41.4 cm³/mol. The summed E-state index contributed by atoms with van der Waals surface area (Å²) in [4.78, 5) is 22.1. The summed E-state index contributed by atoms with van der Waals surface area (Å²) in [6.45, 7) is 2.29. The Balaban J connectivity index is 2.26. The molecule has 1 fully saturated rings. The van der Waals surface area contributed by atoms with Crippen LogP contribution in [0.1, 0.15) is 0 Å². The van der Waals surface area contributed by atoms with E-state index in [9.17, 15) is 9.70 Å². The molecule has 12 heavy (non-hydrogen) atoms. The Bertz CT molecular complexity index is 177. The maximum atomic E-state index is 10.3. The largest absolute Gasteiger partial charge is 0.480 e. The number of piperazine rings is 1. The van der Waals surface area contributed by atoms with Gasteiger partial charge in [0.25, 0.3) is 0 Å². The van der Waals surface area contributed by atoms with Gasteiger partial charge in [-0.25, -0.2) is 0 Å². The van der Waals surface area contributed by atoms with Crippen molar-refractivity contribution in [3.63, 3.8) is 0 Å². The molecule has 0 aromatic heterocycles. The van der Waals surface area contributed by atoms with E-state index in [1.165, 1.54) is 5.01 Å². The first-order valence-electron chi connectivity index (χ1n) is 3.74. The summed E-state index contributed by atoms with van der Waals surface area (Å²) >= 11 is 0. The van der Waals surface area contributed by atoms with Gasteiger partial charge in [0.05, 0.1) is 24.9 Å². The molecule has 1 aliphatic rings. The summed E-state index contributed by atoms with van der Waals surface area (Å²) in [5, 5.41) is 12.6. The van der Waals surface area contributed by atoms with Gasteiger partial charge in [-0.05, 0) is 0 Å². The second kappa shape index (κ2) is 4.01. The van der Waals surface area contributed by atoms with Gasteiger partial charge in [-0.1, -0.05) is 0 Å². The molecule has 6 nitrogen and oxygen atoms in total. The number of hydrogen-bond acceptors (Lipinski definition) is 4. The molecule has 1 saturated heterocycles. The van der Waals surface area contributed by atoms with E-state index >= 15 is 0 Å². The first kappa shape index (κ1) is 8.92. The average Bonchev–Trinajstić information content (AvgIpc) is 2.05. The first-order valence-corrected chi connectivity index (χ1v) is 3.74. The Kier molecular flexibility index (Phi) is 2.98. The summed E-state index contributed by atoms with van der Waals surface area (Å²) in [5.41, 5.74) is 0. The van der Waals surface area contributed by atoms with Crippen LogP contribution in [0.5, 0.6) is 0 Å². The lowest BCUT2D eigenvalue weighted by Gasteiger charge is -2.29. The van der Waals surface area contributed by atoms with Crippen LogP contribution in [0, 0.1) is 4.91 Å². The Morgan fingerprint density at radius 3 is 2.33 bits per heavy atom. The molecule has 0 spiro atoms. The van der Waals surface area contributed by atoms with Crippen LogP contribution >= 0.6 is 0 Å². The topological polar surface area (TPSA) is 73.2 Å². The number of nitrogens with zero attached hydrogens (tertiary/aromatic N) is 3. The number of carboxylic acids is 1. The van der Waals surface area contributed by atoms with E-state index in [-0.39, 0.29) is 6.54 Å². The van der Waals surface area contributed by atoms with Crippen molar-refractivity contribution < 1.29 is 9.90 Å². The van der Waals surface area contributed by atoms with Gasteiger partial charge in [0.15, 0.2) is 0 Å². The Morgan fingerprint density at radius 2 is 1.92 bits per heavy atom. The van der Waals surface area contributed by atoms with E-state index < -0.39 is 5.97 Å². The third-order valence-corrected chi connectivity index (χ3v) is 1.82. The highest BCUT2D eigenvalue weighted by molar-refractivity contribution is 5.69. The molecule has 68 valence electrons. The van der Waals surface area contributed by atoms with Crippen molar-refractivity contribution in [3.05, 3.63) is 4.91 Å². The maximum absolute atomic E-state index is 10.3. The second-order valence-electron chi connectivity index (χ2n) is 2.71. The fraction of sp³-hybridized carbons (Fsp3) is 0.833. The van der Waals surface area contributed by atoms with Crippen LogP contribution in [0.2, 0.25) is 0 Å². The van der Waals surface area contributed by atoms with Gasteiger partial charge in [0.1, 0.15) is 0 Å². The van der Waals surface area contributed by atoms with Crippen LogP contribution < -0.4 is 0 Å². The van der Waals surface area contributed by atoms with Crippen molar-refractivity contribution in [3.8, 4) is 0 Å². The van der Waals surface area contributed by atoms with Crippen LogP contribution in [-0.2, 0) is 4.79 Å². The number of carbonyl (C=O) groups is 1. The van der Waals surface area contributed by atoms with Gasteiger partial charge < -0.3 is 5.11 Å². The molecule has 0 atom stereocenters. The number of nitroso groups, excluding NO2 is 1. The molecule has 0 aromatic carbocycles. The fourth-order valence-corrected chi connectivity index (χ4v) is 1.17. The SMILES string of the molecule is O=NN1CCN(CC(=O)O)CC1. The summed E-state index contributed by atoms with van der Waals surface area (Å²) in [6, 6.07) is 0. The monoisotopic (exact) mass is 173 g/mol. The van der Waals surface area contributed by atoms with E-state index in [0.29, 0.717) is 26.2 Å². The van der Waals surface area contributed by atoms with Crippen molar-refractivity contribution in [1.29, 1.82) is 0 Å². The van der Waals surface area contributed by atoms with Crippen molar-refractivity contribution in [1.82, 2.24) is 9.91 Å². The third kappa shape index (κ3) is 2.46. The van der Waals surface area contributed by atoms with Crippen LogP contribution in [0.25, 0.3) is 0 Å². The molecule has 0 unspecified atom stereocenters. The molecular formula is C6H11N3O3. The van der Waals surface area contributed by atoms with Crippen LogP contribution in [0.15, 0.2) is 5.29 Å². The van der Waals surface area contributed by atoms with Crippen molar-refractivity contribution in [2.24, 2.45) is 5.29 Å². The molecule has 1 N–H and O–H groups in total. The van der Waals surface area contributed by atoms with Gasteiger partial charge in [0, 0.05) is 13.1 Å². The average molecular weight is 173 g/mol. The van der Waals surface area contributed by atoms with Crippen LogP contribution in [-0.4, -0.2) is 53.7 Å². The van der Waals surface area contributed by atoms with E-state index in [2.05, 4.69) is 5.29 Å². The van der Waals surface area contributed by atoms with Crippen LogP contribution in [0.3, 0.4) is 0 Å². The van der Waals surface area contributed by atoms with Gasteiger partial charge in [-0.2, -0.15) is 0 Å². The summed E-state index contributed by atoms with van der Waals surface area (Å²) in [7, 11) is 0. The lowest BCUT2D eigenvalue weighted by atomic mass is 10.3. The summed E-state index contributed by atoms with van der Waals surface area (Å²) in [5.74, 6) is -0.831. The quantitative estimate of drug-likeness (QED) is 0.575. The second-order valence-corrected chi connectivity index (χ2v) is 2.71. The third-order valence-electron chi connectivity index (χ3n) is 1.82. The molecule has 1 rings (SSSR count). The van der Waals surface area contributed by atoms with Crippen molar-refractivity contribution >= 4 is 5.97 Å². The van der Waals surface area contributed by atoms with E-state index in [1.807, 2.05) is 0 Å². The van der Waals surface area contributed by atoms with E-state index in [0.717, 1.165) is 0 Å². The molecule has 1 heterocycles. The fourth-order valence-electron chi connectivity index (χ4n) is 1.17. The molecule has 0 amide bonds. The molecular weight excluding hydrogens is 162 g/mol. The van der Waals surface area contributed by atoms with Crippen molar-refractivity contribution in [2.45, 2.75) is 0 Å². The number of carboxylic acid groups (broad SMARTS) is 1. The van der Waals surface area contributed by atoms with E-state index in [1.54, 1.807) is 4.90 Å². The van der Waals surface area contributed by atoms with Gasteiger partial charge in [0.2, 0.25) is 0 Å². The Morgan fingerprint density at radius 1 is 1.33 bits per heavy atom. The highest BCUT2D eigenvalue weighted by Gasteiger charge is 2.17. The molecule has 1 aliphatic heterocycles. The highest BCUT2D eigenvalue weighted by atomic mass is 16.4. The zero-order valence-electron chi connectivity index (χ0n) is 6.64. The predicted octanol–water partition coefficient (Wildman–Crippen LogP) is -0.630. The molecule has 0 aliphatic carbocycles. The zero-order valence-corrected chi connectivity index (χ0v) is 6.64. The Labute approximate surface area is 69.7 Å². The number of aliphatic carboxylic acids is 1. The molecule has 0 aromatic rings. The molecule has 0 radical (unpaired) electrons. The van der Waals surface area contributed by atoms with Gasteiger partial charge in [-0.3, -0.25) is 14.7 Å². The minimum Gasteiger partial charge on any atom is -0.480 e. The standard InChI is InChI=1S/C6H11N3O3/c10-6(11)5-8-1-3-9(7-12)4-2-8/h1-5H2,(H,10,11). The molecule has 0 bridgehead atoms. The minimum absolute atomic E-state index is 0.0483. The minimum atomic E-state index is -0.831. The lowest BCUT2D eigenvalue weighted by Crippen LogP contribution is -2.45. The summed E-state index contributed by atoms with van der Waals surface area (Å²) in [6.07, 6.45) is 0. The lowest BCUT2D eigenvalue weighted by molar-refractivity contribution is -0.138. The normalized spacial score (nSPS) is 19.2. The zero-order chi connectivity index (χ0) is 8.97. The highest BCUT2D eigenvalue weighted by Crippen LogP contribution is 2.00. The Hall–Kier alpha value is -1.17. The van der Waals surface area contributed by atoms with Gasteiger partial charge in [-0.15, -0.1) is 4.91 Å². The maximum Gasteiger partial charge on any atom is 0.317 e. The smallest absolute Gasteiger partial charge is 0.317 e. The summed E-state index contributed by atoms with van der Waals surface area (Å²) < 4.78 is 0. The van der Waals surface area contributed by atoms with Crippen LogP contribution in [0.4, 0.5) is 0 Å². The van der Waals surface area contributed by atoms with Gasteiger partial charge >= 0.3 is 5.97 Å². The number of hydrogen-bond donors (Lipinski definition) is 1.